The molecule has 0 heterocycles. The SMILES string of the molecule is CC(C)OC(=O)CCC/C=C\C[C@H]1[C@@H](O)CC[C@@H]1/C=C/[C@H](COc1cccc(C(F)(F)F)c1)OC(=O)C(CO)CO. The minimum absolute atomic E-state index is 0.0584. The van der Waals surface area contributed by atoms with Crippen LogP contribution in [0.15, 0.2) is 48.6 Å². The molecule has 3 N–H and O–H groups in total. The fourth-order valence-electron chi connectivity index (χ4n) is 4.49. The highest BCUT2D eigenvalue weighted by atomic mass is 19.4. The minimum Gasteiger partial charge on any atom is -0.489 e. The number of alkyl halides is 3. The second-order valence-electron chi connectivity index (χ2n) is 10.4. The number of carbonyl (C=O) groups is 2. The van der Waals surface area contributed by atoms with Crippen molar-refractivity contribution in [1.82, 2.24) is 0 Å². The molecule has 41 heavy (non-hydrogen) atoms. The van der Waals surface area contributed by atoms with Crippen LogP contribution < -0.4 is 4.74 Å². The van der Waals surface area contributed by atoms with Crippen molar-refractivity contribution in [1.29, 1.82) is 0 Å². The smallest absolute Gasteiger partial charge is 0.416 e. The van der Waals surface area contributed by atoms with Crippen LogP contribution in [0.5, 0.6) is 5.75 Å². The Kier molecular flexibility index (Phi) is 14.4. The van der Waals surface area contributed by atoms with E-state index in [0.717, 1.165) is 12.1 Å². The number of unbranched alkanes of at least 4 members (excludes halogenated alkanes) is 1. The van der Waals surface area contributed by atoms with Gasteiger partial charge in [-0.05, 0) is 82.1 Å². The van der Waals surface area contributed by atoms with Crippen LogP contribution in [0.2, 0.25) is 0 Å². The van der Waals surface area contributed by atoms with E-state index < -0.39 is 49.0 Å². The zero-order valence-corrected chi connectivity index (χ0v) is 23.5. The molecule has 1 fully saturated rings. The van der Waals surface area contributed by atoms with E-state index in [2.05, 4.69) is 0 Å². The number of carbonyl (C=O) groups excluding carboxylic acids is 2. The summed E-state index contributed by atoms with van der Waals surface area (Å²) in [6.07, 6.45) is 4.58. The summed E-state index contributed by atoms with van der Waals surface area (Å²) in [5.41, 5.74) is -0.883. The number of benzene rings is 1. The number of hydrogen-bond acceptors (Lipinski definition) is 8. The van der Waals surface area contributed by atoms with Gasteiger partial charge in [0.25, 0.3) is 0 Å². The lowest BCUT2D eigenvalue weighted by atomic mass is 9.90. The van der Waals surface area contributed by atoms with Crippen LogP contribution in [0.25, 0.3) is 0 Å². The number of ether oxygens (including phenoxy) is 3. The predicted octanol–water partition coefficient (Wildman–Crippen LogP) is 4.61. The predicted molar refractivity (Wildman–Crippen MR) is 145 cm³/mol. The molecule has 2 rings (SSSR count). The zero-order chi connectivity index (χ0) is 30.4. The number of esters is 2. The van der Waals surface area contributed by atoms with Crippen LogP contribution in [-0.4, -0.2) is 65.4 Å². The molecule has 0 unspecified atom stereocenters. The molecule has 230 valence electrons. The number of allylic oxidation sites excluding steroid dienone is 3. The van der Waals surface area contributed by atoms with Gasteiger partial charge in [-0.3, -0.25) is 9.59 Å². The third kappa shape index (κ3) is 12.2. The first-order valence-electron chi connectivity index (χ1n) is 13.9. The summed E-state index contributed by atoms with van der Waals surface area (Å²) in [5.74, 6) is -2.50. The second kappa shape index (κ2) is 17.2. The number of rotatable bonds is 16. The maximum Gasteiger partial charge on any atom is 0.416 e. The van der Waals surface area contributed by atoms with Crippen LogP contribution in [0.1, 0.15) is 57.9 Å². The van der Waals surface area contributed by atoms with Gasteiger partial charge < -0.3 is 29.5 Å². The van der Waals surface area contributed by atoms with E-state index in [1.54, 1.807) is 26.0 Å². The molecule has 0 aliphatic heterocycles. The number of aliphatic hydroxyl groups is 3. The van der Waals surface area contributed by atoms with Gasteiger partial charge in [0.15, 0.2) is 6.10 Å². The normalized spacial score (nSPS) is 20.3. The maximum absolute atomic E-state index is 13.1. The summed E-state index contributed by atoms with van der Waals surface area (Å²) in [5, 5.41) is 29.2. The van der Waals surface area contributed by atoms with E-state index in [4.69, 9.17) is 14.2 Å². The van der Waals surface area contributed by atoms with Gasteiger partial charge in [0.05, 0.1) is 31.0 Å². The van der Waals surface area contributed by atoms with E-state index in [1.807, 2.05) is 12.2 Å². The standard InChI is InChI=1S/C30H41F3O8/c1-20(2)40-28(37)11-6-4-3-5-10-26-21(13-15-27(26)36)12-14-25(41-29(38)22(17-34)18-35)19-39-24-9-7-8-23(16-24)30(31,32)33/h3,5,7-9,12,14,16,20-22,25-27,34-36H,4,6,10-11,13,15,17-19H2,1-2H3/b5-3-,14-12+/t21-,25+,26+,27-/m0/s1. The average Bonchev–Trinajstić information content (AvgIpc) is 3.26. The van der Waals surface area contributed by atoms with Crippen molar-refractivity contribution < 1.29 is 52.3 Å². The van der Waals surface area contributed by atoms with Crippen molar-refractivity contribution in [2.75, 3.05) is 19.8 Å². The molecular weight excluding hydrogens is 545 g/mol. The van der Waals surface area contributed by atoms with Gasteiger partial charge in [0.2, 0.25) is 0 Å². The molecule has 1 aromatic rings. The third-order valence-electron chi connectivity index (χ3n) is 6.72. The summed E-state index contributed by atoms with van der Waals surface area (Å²) < 4.78 is 55.2. The summed E-state index contributed by atoms with van der Waals surface area (Å²) >= 11 is 0. The summed E-state index contributed by atoms with van der Waals surface area (Å²) in [6.45, 7) is 2.02. The lowest BCUT2D eigenvalue weighted by molar-refractivity contribution is -0.156. The van der Waals surface area contributed by atoms with Crippen molar-refractivity contribution in [2.45, 2.75) is 76.9 Å². The van der Waals surface area contributed by atoms with Crippen molar-refractivity contribution in [3.8, 4) is 5.75 Å². The van der Waals surface area contributed by atoms with Crippen molar-refractivity contribution in [3.63, 3.8) is 0 Å². The molecule has 0 amide bonds. The number of halogens is 3. The third-order valence-corrected chi connectivity index (χ3v) is 6.72. The summed E-state index contributed by atoms with van der Waals surface area (Å²) in [6, 6.07) is 4.32. The first kappa shape index (κ1) is 34.3. The van der Waals surface area contributed by atoms with E-state index in [1.165, 1.54) is 12.1 Å². The largest absolute Gasteiger partial charge is 0.489 e. The molecule has 4 atom stereocenters. The first-order valence-corrected chi connectivity index (χ1v) is 13.9. The van der Waals surface area contributed by atoms with E-state index in [9.17, 15) is 38.1 Å². The van der Waals surface area contributed by atoms with Gasteiger partial charge in [-0.25, -0.2) is 0 Å². The first-order chi connectivity index (χ1) is 19.4. The minimum atomic E-state index is -4.55. The lowest BCUT2D eigenvalue weighted by Gasteiger charge is -2.21. The molecular formula is C30H41F3O8. The Bertz CT molecular complexity index is 1000. The monoisotopic (exact) mass is 586 g/mol. The molecule has 0 radical (unpaired) electrons. The molecule has 0 bridgehead atoms. The fraction of sp³-hybridized carbons (Fsp3) is 0.600. The van der Waals surface area contributed by atoms with Crippen LogP contribution >= 0.6 is 0 Å². The second-order valence-corrected chi connectivity index (χ2v) is 10.4. The highest BCUT2D eigenvalue weighted by Crippen LogP contribution is 2.36. The molecule has 1 aromatic carbocycles. The zero-order valence-electron chi connectivity index (χ0n) is 23.5. The molecule has 0 spiro atoms. The van der Waals surface area contributed by atoms with Gasteiger partial charge >= 0.3 is 18.1 Å². The van der Waals surface area contributed by atoms with Gasteiger partial charge in [-0.1, -0.05) is 24.3 Å². The molecule has 8 nitrogen and oxygen atoms in total. The van der Waals surface area contributed by atoms with Gasteiger partial charge in [0.1, 0.15) is 18.3 Å². The highest BCUT2D eigenvalue weighted by Gasteiger charge is 2.33. The molecule has 11 heteroatoms. The Morgan fingerprint density at radius 3 is 2.49 bits per heavy atom. The van der Waals surface area contributed by atoms with Crippen molar-refractivity contribution in [2.24, 2.45) is 17.8 Å². The van der Waals surface area contributed by atoms with Crippen LogP contribution in [0.3, 0.4) is 0 Å². The Hall–Kier alpha value is -2.89. The Balaban J connectivity index is 2.03. The topological polar surface area (TPSA) is 123 Å². The van der Waals surface area contributed by atoms with Gasteiger partial charge in [-0.15, -0.1) is 0 Å². The fourth-order valence-corrected chi connectivity index (χ4v) is 4.49. The van der Waals surface area contributed by atoms with E-state index >= 15 is 0 Å². The Morgan fingerprint density at radius 2 is 1.83 bits per heavy atom. The Labute approximate surface area is 238 Å². The van der Waals surface area contributed by atoms with Crippen LogP contribution in [-0.2, 0) is 25.2 Å². The number of hydrogen-bond donors (Lipinski definition) is 3. The van der Waals surface area contributed by atoms with E-state index in [0.29, 0.717) is 38.5 Å². The molecule has 1 saturated carbocycles. The highest BCUT2D eigenvalue weighted by molar-refractivity contribution is 5.73. The van der Waals surface area contributed by atoms with E-state index in [-0.39, 0.29) is 36.3 Å². The summed E-state index contributed by atoms with van der Waals surface area (Å²) in [4.78, 5) is 24.0. The molecule has 1 aliphatic carbocycles. The quantitative estimate of drug-likeness (QED) is 0.146. The van der Waals surface area contributed by atoms with Crippen LogP contribution in [0, 0.1) is 17.8 Å². The molecule has 0 aromatic heterocycles. The maximum atomic E-state index is 13.1. The van der Waals surface area contributed by atoms with Gasteiger partial charge in [-0.2, -0.15) is 13.2 Å². The van der Waals surface area contributed by atoms with Crippen molar-refractivity contribution in [3.05, 3.63) is 54.1 Å². The lowest BCUT2D eigenvalue weighted by Crippen LogP contribution is -2.31. The summed E-state index contributed by atoms with van der Waals surface area (Å²) in [7, 11) is 0. The Morgan fingerprint density at radius 1 is 1.10 bits per heavy atom. The van der Waals surface area contributed by atoms with Crippen LogP contribution in [0.4, 0.5) is 13.2 Å². The van der Waals surface area contributed by atoms with Crippen molar-refractivity contribution >= 4 is 11.9 Å². The average molecular weight is 587 g/mol. The number of aliphatic hydroxyl groups excluding tert-OH is 3. The van der Waals surface area contributed by atoms with Gasteiger partial charge in [0, 0.05) is 6.42 Å². The molecule has 0 saturated heterocycles. The molecule has 1 aliphatic rings.